The van der Waals surface area contributed by atoms with Crippen LogP contribution in [0.5, 0.6) is 5.75 Å². The van der Waals surface area contributed by atoms with Crippen molar-refractivity contribution >= 4 is 41.2 Å². The number of benzene rings is 3. The summed E-state index contributed by atoms with van der Waals surface area (Å²) in [6.45, 7) is 7.82. The Hall–Kier alpha value is -3.90. The molecule has 3 aromatic rings. The second kappa shape index (κ2) is 9.99. The summed E-state index contributed by atoms with van der Waals surface area (Å²) in [5.74, 6) is -0.926. The molecule has 1 aliphatic heterocycles. The van der Waals surface area contributed by atoms with Gasteiger partial charge in [-0.3, -0.25) is 14.9 Å². The summed E-state index contributed by atoms with van der Waals surface area (Å²) in [4.78, 5) is 39.5. The van der Waals surface area contributed by atoms with Crippen LogP contribution in [0.15, 0.2) is 54.1 Å². The Labute approximate surface area is 215 Å². The van der Waals surface area contributed by atoms with E-state index in [9.17, 15) is 14.4 Å². The Morgan fingerprint density at radius 2 is 1.61 bits per heavy atom. The number of ether oxygens (including phenoxy) is 1. The van der Waals surface area contributed by atoms with Crippen LogP contribution in [0.25, 0.3) is 6.08 Å². The second-order valence-corrected chi connectivity index (χ2v) is 9.51. The lowest BCUT2D eigenvalue weighted by molar-refractivity contribution is -0.122. The molecule has 0 radical (unpaired) electrons. The average molecular weight is 503 g/mol. The lowest BCUT2D eigenvalue weighted by Crippen LogP contribution is -2.54. The zero-order valence-electron chi connectivity index (χ0n) is 20.9. The van der Waals surface area contributed by atoms with Crippen molar-refractivity contribution in [1.29, 1.82) is 0 Å². The van der Waals surface area contributed by atoms with E-state index in [4.69, 9.17) is 16.3 Å². The van der Waals surface area contributed by atoms with Gasteiger partial charge in [0, 0.05) is 17.0 Å². The van der Waals surface area contributed by atoms with E-state index in [1.54, 1.807) is 25.3 Å². The van der Waals surface area contributed by atoms with Gasteiger partial charge >= 0.3 is 6.03 Å². The lowest BCUT2D eigenvalue weighted by Gasteiger charge is -2.27. The molecule has 6 nitrogen and oxygen atoms in total. The van der Waals surface area contributed by atoms with Crippen LogP contribution < -0.4 is 15.0 Å². The maximum atomic E-state index is 13.3. The number of methoxy groups -OCH3 is 1. The topological polar surface area (TPSA) is 75.7 Å². The van der Waals surface area contributed by atoms with Crippen molar-refractivity contribution in [1.82, 2.24) is 5.32 Å². The first-order valence-electron chi connectivity index (χ1n) is 11.5. The predicted molar refractivity (Wildman–Crippen MR) is 142 cm³/mol. The minimum Gasteiger partial charge on any atom is -0.496 e. The number of imide groups is 2. The zero-order valence-corrected chi connectivity index (χ0v) is 21.6. The Kier molecular flexibility index (Phi) is 7.00. The van der Waals surface area contributed by atoms with E-state index in [1.165, 1.54) is 6.08 Å². The fourth-order valence-electron chi connectivity index (χ4n) is 4.54. The fourth-order valence-corrected chi connectivity index (χ4v) is 4.83. The predicted octanol–water partition coefficient (Wildman–Crippen LogP) is 5.84. The number of barbiturate groups is 1. The number of anilines is 1. The minimum absolute atomic E-state index is 0.172. The van der Waals surface area contributed by atoms with Crippen molar-refractivity contribution in [3.8, 4) is 5.75 Å². The van der Waals surface area contributed by atoms with Crippen LogP contribution in [-0.2, 0) is 16.0 Å². The van der Waals surface area contributed by atoms with Crippen LogP contribution in [0.3, 0.4) is 0 Å². The Morgan fingerprint density at radius 3 is 2.25 bits per heavy atom. The van der Waals surface area contributed by atoms with Crippen molar-refractivity contribution in [3.05, 3.63) is 98.1 Å². The third kappa shape index (κ3) is 5.04. The van der Waals surface area contributed by atoms with Crippen LogP contribution in [0.2, 0.25) is 5.02 Å². The molecule has 36 heavy (non-hydrogen) atoms. The van der Waals surface area contributed by atoms with E-state index in [0.717, 1.165) is 38.3 Å². The summed E-state index contributed by atoms with van der Waals surface area (Å²) in [5.41, 5.74) is 6.71. The van der Waals surface area contributed by atoms with Crippen molar-refractivity contribution in [3.63, 3.8) is 0 Å². The van der Waals surface area contributed by atoms with Gasteiger partial charge in [-0.2, -0.15) is 0 Å². The van der Waals surface area contributed by atoms with E-state index in [2.05, 4.69) is 23.5 Å². The van der Waals surface area contributed by atoms with Gasteiger partial charge in [-0.1, -0.05) is 58.6 Å². The van der Waals surface area contributed by atoms with E-state index in [-0.39, 0.29) is 5.57 Å². The number of urea groups is 1. The number of rotatable bonds is 5. The molecule has 0 bridgehead atoms. The molecule has 4 amide bonds. The largest absolute Gasteiger partial charge is 0.496 e. The highest BCUT2D eigenvalue weighted by molar-refractivity contribution is 6.39. The summed E-state index contributed by atoms with van der Waals surface area (Å²) >= 11 is 6.66. The highest BCUT2D eigenvalue weighted by atomic mass is 35.5. The lowest BCUT2D eigenvalue weighted by atomic mass is 9.98. The fraction of sp³-hybridized carbons (Fsp3) is 0.207. The van der Waals surface area contributed by atoms with Gasteiger partial charge in [-0.05, 0) is 68.7 Å². The quantitative estimate of drug-likeness (QED) is 0.351. The molecule has 1 N–H and O–H groups in total. The number of hydrogen-bond acceptors (Lipinski definition) is 4. The standard InChI is InChI=1S/C29H27ClN2O4/c1-16-6-7-25(19(4)9-16)32-28(34)23(27(33)31-29(32)35)13-21-14-24(30)22(26(15-21)36-5)12-20-10-17(2)8-18(3)11-20/h6-11,13-15H,12H2,1-5H3,(H,31,33,35)/b23-13+. The second-order valence-electron chi connectivity index (χ2n) is 9.10. The number of carbonyl (C=O) groups is 3. The number of hydrogen-bond donors (Lipinski definition) is 1. The molecule has 0 aromatic heterocycles. The van der Waals surface area contributed by atoms with Crippen LogP contribution in [-0.4, -0.2) is 25.0 Å². The molecule has 0 saturated carbocycles. The van der Waals surface area contributed by atoms with Crippen molar-refractivity contribution in [2.75, 3.05) is 12.0 Å². The molecule has 0 aliphatic carbocycles. The van der Waals surface area contributed by atoms with Crippen LogP contribution in [0.1, 0.15) is 38.9 Å². The van der Waals surface area contributed by atoms with E-state index in [0.29, 0.717) is 28.4 Å². The van der Waals surface area contributed by atoms with Gasteiger partial charge in [0.25, 0.3) is 11.8 Å². The summed E-state index contributed by atoms with van der Waals surface area (Å²) in [6.07, 6.45) is 1.99. The summed E-state index contributed by atoms with van der Waals surface area (Å²) in [5, 5.41) is 2.71. The average Bonchev–Trinajstić information content (AvgIpc) is 2.78. The molecule has 0 atom stereocenters. The first-order chi connectivity index (χ1) is 17.1. The molecule has 3 aromatic carbocycles. The molecule has 0 spiro atoms. The van der Waals surface area contributed by atoms with Crippen molar-refractivity contribution in [2.45, 2.75) is 34.1 Å². The smallest absolute Gasteiger partial charge is 0.335 e. The first-order valence-corrected chi connectivity index (χ1v) is 11.9. The number of amides is 4. The van der Waals surface area contributed by atoms with Gasteiger partial charge in [0.05, 0.1) is 12.8 Å². The number of aryl methyl sites for hydroxylation is 4. The molecular weight excluding hydrogens is 476 g/mol. The van der Waals surface area contributed by atoms with E-state index < -0.39 is 17.8 Å². The Bertz CT molecular complexity index is 1420. The molecular formula is C29H27ClN2O4. The molecule has 4 rings (SSSR count). The third-order valence-electron chi connectivity index (χ3n) is 6.07. The van der Waals surface area contributed by atoms with Crippen LogP contribution in [0.4, 0.5) is 10.5 Å². The zero-order chi connectivity index (χ0) is 26.1. The molecule has 1 fully saturated rings. The van der Waals surface area contributed by atoms with E-state index in [1.807, 2.05) is 39.8 Å². The summed E-state index contributed by atoms with van der Waals surface area (Å²) in [6, 6.07) is 14.3. The first kappa shape index (κ1) is 25.2. The summed E-state index contributed by atoms with van der Waals surface area (Å²) < 4.78 is 5.61. The molecule has 1 aliphatic rings. The van der Waals surface area contributed by atoms with Crippen LogP contribution in [0, 0.1) is 27.7 Å². The molecule has 1 heterocycles. The number of carbonyl (C=O) groups excluding carboxylic acids is 3. The third-order valence-corrected chi connectivity index (χ3v) is 6.40. The Morgan fingerprint density at radius 1 is 0.917 bits per heavy atom. The number of nitrogens with one attached hydrogen (secondary N) is 1. The highest BCUT2D eigenvalue weighted by Crippen LogP contribution is 2.33. The maximum Gasteiger partial charge on any atom is 0.335 e. The summed E-state index contributed by atoms with van der Waals surface area (Å²) in [7, 11) is 1.55. The van der Waals surface area contributed by atoms with Gasteiger partial charge < -0.3 is 4.74 Å². The van der Waals surface area contributed by atoms with Gasteiger partial charge in [-0.25, -0.2) is 9.69 Å². The monoisotopic (exact) mass is 502 g/mol. The van der Waals surface area contributed by atoms with Crippen molar-refractivity contribution in [2.24, 2.45) is 0 Å². The van der Waals surface area contributed by atoms with Crippen LogP contribution >= 0.6 is 11.6 Å². The Balaban J connectivity index is 1.72. The SMILES string of the molecule is COc1cc(/C=C2\C(=O)NC(=O)N(c3ccc(C)cc3C)C2=O)cc(Cl)c1Cc1cc(C)cc(C)c1. The molecule has 7 heteroatoms. The molecule has 1 saturated heterocycles. The van der Waals surface area contributed by atoms with Gasteiger partial charge in [-0.15, -0.1) is 0 Å². The highest BCUT2D eigenvalue weighted by Gasteiger charge is 2.37. The van der Waals surface area contributed by atoms with Gasteiger partial charge in [0.2, 0.25) is 0 Å². The minimum atomic E-state index is -0.784. The number of nitrogens with zero attached hydrogens (tertiary/aromatic N) is 1. The van der Waals surface area contributed by atoms with Crippen molar-refractivity contribution < 1.29 is 19.1 Å². The van der Waals surface area contributed by atoms with Gasteiger partial charge in [0.15, 0.2) is 0 Å². The molecule has 0 unspecified atom stereocenters. The normalized spacial score (nSPS) is 14.9. The molecule has 184 valence electrons. The van der Waals surface area contributed by atoms with E-state index >= 15 is 0 Å². The van der Waals surface area contributed by atoms with Gasteiger partial charge in [0.1, 0.15) is 11.3 Å². The maximum absolute atomic E-state index is 13.3. The number of halogens is 1.